The van der Waals surface area contributed by atoms with Gasteiger partial charge in [-0.2, -0.15) is 0 Å². The number of hydrogen-bond donors (Lipinski definition) is 2. The molecule has 17 heavy (non-hydrogen) atoms. The summed E-state index contributed by atoms with van der Waals surface area (Å²) < 4.78 is 0. The van der Waals surface area contributed by atoms with E-state index in [-0.39, 0.29) is 6.61 Å². The molecule has 1 aromatic heterocycles. The fourth-order valence-electron chi connectivity index (χ4n) is 1.90. The van der Waals surface area contributed by atoms with E-state index in [1.807, 2.05) is 7.05 Å². The van der Waals surface area contributed by atoms with E-state index in [0.29, 0.717) is 12.5 Å². The Kier molecular flexibility index (Phi) is 5.15. The lowest BCUT2D eigenvalue weighted by molar-refractivity contribution is 0.302. The molecule has 0 fully saturated rings. The largest absolute Gasteiger partial charge is 0.395 e. The summed E-state index contributed by atoms with van der Waals surface area (Å²) in [6, 6.07) is 0. The summed E-state index contributed by atoms with van der Waals surface area (Å²) in [5, 5.41) is 12.2. The quantitative estimate of drug-likeness (QED) is 0.785. The van der Waals surface area contributed by atoms with Crippen LogP contribution in [0.5, 0.6) is 0 Å². The minimum atomic E-state index is 0.129. The van der Waals surface area contributed by atoms with Crippen LogP contribution in [0.4, 0.5) is 11.6 Å². The summed E-state index contributed by atoms with van der Waals surface area (Å²) in [5.41, 5.74) is 1.10. The Bertz CT molecular complexity index is 354. The van der Waals surface area contributed by atoms with Gasteiger partial charge in [0.15, 0.2) is 0 Å². The lowest BCUT2D eigenvalue weighted by atomic mass is 10.0. The minimum absolute atomic E-state index is 0.129. The van der Waals surface area contributed by atoms with Gasteiger partial charge >= 0.3 is 0 Å². The van der Waals surface area contributed by atoms with Crippen molar-refractivity contribution < 1.29 is 5.11 Å². The average molecular weight is 238 g/mol. The Morgan fingerprint density at radius 1 is 1.41 bits per heavy atom. The van der Waals surface area contributed by atoms with Gasteiger partial charge in [0.25, 0.3) is 0 Å². The SMILES string of the molecule is CCN(CCO)c1ncnc(NC)c1C(C)C. The zero-order valence-electron chi connectivity index (χ0n) is 11.1. The van der Waals surface area contributed by atoms with Crippen LogP contribution in [0.3, 0.4) is 0 Å². The molecule has 0 saturated carbocycles. The van der Waals surface area contributed by atoms with Crippen molar-refractivity contribution in [2.45, 2.75) is 26.7 Å². The van der Waals surface area contributed by atoms with E-state index in [4.69, 9.17) is 5.11 Å². The highest BCUT2D eigenvalue weighted by atomic mass is 16.3. The van der Waals surface area contributed by atoms with Gasteiger partial charge in [0.2, 0.25) is 0 Å². The molecule has 0 aliphatic carbocycles. The van der Waals surface area contributed by atoms with Crippen molar-refractivity contribution in [2.75, 3.05) is 37.0 Å². The maximum Gasteiger partial charge on any atom is 0.137 e. The highest BCUT2D eigenvalue weighted by Gasteiger charge is 2.17. The molecule has 1 heterocycles. The first-order chi connectivity index (χ1) is 8.15. The number of anilines is 2. The highest BCUT2D eigenvalue weighted by molar-refractivity contribution is 5.60. The molecule has 96 valence electrons. The van der Waals surface area contributed by atoms with Crippen LogP contribution in [0, 0.1) is 0 Å². The molecule has 1 aromatic rings. The van der Waals surface area contributed by atoms with Gasteiger partial charge in [0.05, 0.1) is 6.61 Å². The first-order valence-corrected chi connectivity index (χ1v) is 6.04. The number of nitrogens with one attached hydrogen (secondary N) is 1. The van der Waals surface area contributed by atoms with Gasteiger partial charge in [0, 0.05) is 25.7 Å². The van der Waals surface area contributed by atoms with E-state index in [1.165, 1.54) is 0 Å². The van der Waals surface area contributed by atoms with Gasteiger partial charge in [-0.15, -0.1) is 0 Å². The van der Waals surface area contributed by atoms with Crippen LogP contribution >= 0.6 is 0 Å². The molecule has 0 spiro atoms. The molecule has 5 heteroatoms. The van der Waals surface area contributed by atoms with Crippen LogP contribution in [0.15, 0.2) is 6.33 Å². The third-order valence-electron chi connectivity index (χ3n) is 2.73. The lowest BCUT2D eigenvalue weighted by Crippen LogP contribution is -2.28. The van der Waals surface area contributed by atoms with E-state index in [1.54, 1.807) is 6.33 Å². The molecular weight excluding hydrogens is 216 g/mol. The van der Waals surface area contributed by atoms with Gasteiger partial charge in [-0.05, 0) is 12.8 Å². The molecule has 0 aliphatic heterocycles. The van der Waals surface area contributed by atoms with E-state index in [0.717, 1.165) is 23.7 Å². The Hall–Kier alpha value is -1.36. The predicted octanol–water partition coefficient (Wildman–Crippen LogP) is 1.46. The average Bonchev–Trinajstić information content (AvgIpc) is 2.34. The van der Waals surface area contributed by atoms with Crippen molar-refractivity contribution in [1.29, 1.82) is 0 Å². The molecule has 1 rings (SSSR count). The van der Waals surface area contributed by atoms with E-state index < -0.39 is 0 Å². The van der Waals surface area contributed by atoms with Gasteiger partial charge in [0.1, 0.15) is 18.0 Å². The minimum Gasteiger partial charge on any atom is -0.395 e. The molecule has 0 radical (unpaired) electrons. The second kappa shape index (κ2) is 6.39. The number of aliphatic hydroxyl groups excluding tert-OH is 1. The molecule has 0 aliphatic rings. The van der Waals surface area contributed by atoms with Crippen LogP contribution in [0.2, 0.25) is 0 Å². The number of hydrogen-bond acceptors (Lipinski definition) is 5. The second-order valence-electron chi connectivity index (χ2n) is 4.17. The maximum atomic E-state index is 9.08. The van der Waals surface area contributed by atoms with Crippen molar-refractivity contribution in [2.24, 2.45) is 0 Å². The normalized spacial score (nSPS) is 10.7. The molecule has 0 bridgehead atoms. The zero-order valence-corrected chi connectivity index (χ0v) is 11.1. The van der Waals surface area contributed by atoms with Crippen molar-refractivity contribution in [3.63, 3.8) is 0 Å². The van der Waals surface area contributed by atoms with E-state index in [9.17, 15) is 0 Å². The van der Waals surface area contributed by atoms with Gasteiger partial charge in [-0.25, -0.2) is 9.97 Å². The number of likely N-dealkylation sites (N-methyl/N-ethyl adjacent to an activating group) is 1. The van der Waals surface area contributed by atoms with Crippen molar-refractivity contribution in [3.8, 4) is 0 Å². The summed E-state index contributed by atoms with van der Waals surface area (Å²) >= 11 is 0. The van der Waals surface area contributed by atoms with Crippen LogP contribution in [-0.4, -0.2) is 41.8 Å². The van der Waals surface area contributed by atoms with Crippen molar-refractivity contribution in [1.82, 2.24) is 9.97 Å². The fourth-order valence-corrected chi connectivity index (χ4v) is 1.90. The number of rotatable bonds is 6. The third kappa shape index (κ3) is 3.06. The van der Waals surface area contributed by atoms with E-state index in [2.05, 4.69) is 41.0 Å². The number of aliphatic hydroxyl groups is 1. The topological polar surface area (TPSA) is 61.3 Å². The van der Waals surface area contributed by atoms with Crippen molar-refractivity contribution in [3.05, 3.63) is 11.9 Å². The zero-order chi connectivity index (χ0) is 12.8. The molecule has 0 aromatic carbocycles. The smallest absolute Gasteiger partial charge is 0.137 e. The molecule has 0 amide bonds. The highest BCUT2D eigenvalue weighted by Crippen LogP contribution is 2.30. The third-order valence-corrected chi connectivity index (χ3v) is 2.73. The van der Waals surface area contributed by atoms with Crippen molar-refractivity contribution >= 4 is 11.6 Å². The standard InChI is InChI=1S/C12H22N4O/c1-5-16(6-7-17)12-10(9(2)3)11(13-4)14-8-15-12/h8-9,17H,5-7H2,1-4H3,(H,13,14,15). The molecule has 0 saturated heterocycles. The summed E-state index contributed by atoms with van der Waals surface area (Å²) in [6.07, 6.45) is 1.56. The second-order valence-corrected chi connectivity index (χ2v) is 4.17. The summed E-state index contributed by atoms with van der Waals surface area (Å²) in [7, 11) is 1.86. The van der Waals surface area contributed by atoms with Crippen LogP contribution < -0.4 is 10.2 Å². The summed E-state index contributed by atoms with van der Waals surface area (Å²) in [4.78, 5) is 10.7. The Morgan fingerprint density at radius 2 is 2.12 bits per heavy atom. The first-order valence-electron chi connectivity index (χ1n) is 6.04. The monoisotopic (exact) mass is 238 g/mol. The lowest BCUT2D eigenvalue weighted by Gasteiger charge is -2.25. The van der Waals surface area contributed by atoms with Gasteiger partial charge in [-0.1, -0.05) is 13.8 Å². The number of nitrogens with zero attached hydrogens (tertiary/aromatic N) is 3. The Balaban J connectivity index is 3.20. The molecular formula is C12H22N4O. The molecule has 2 N–H and O–H groups in total. The number of aromatic nitrogens is 2. The summed E-state index contributed by atoms with van der Waals surface area (Å²) in [5.74, 6) is 2.11. The van der Waals surface area contributed by atoms with Gasteiger partial charge < -0.3 is 15.3 Å². The molecule has 5 nitrogen and oxygen atoms in total. The molecule has 0 unspecified atom stereocenters. The van der Waals surface area contributed by atoms with Crippen LogP contribution in [0.1, 0.15) is 32.3 Å². The molecule has 0 atom stereocenters. The van der Waals surface area contributed by atoms with E-state index >= 15 is 0 Å². The van der Waals surface area contributed by atoms with Gasteiger partial charge in [-0.3, -0.25) is 0 Å². The fraction of sp³-hybridized carbons (Fsp3) is 0.667. The predicted molar refractivity (Wildman–Crippen MR) is 70.6 cm³/mol. The van der Waals surface area contributed by atoms with Crippen LogP contribution in [0.25, 0.3) is 0 Å². The van der Waals surface area contributed by atoms with Crippen LogP contribution in [-0.2, 0) is 0 Å². The first kappa shape index (κ1) is 13.7. The Labute approximate surface area is 103 Å². The summed E-state index contributed by atoms with van der Waals surface area (Å²) in [6.45, 7) is 7.84. The maximum absolute atomic E-state index is 9.08. The Morgan fingerprint density at radius 3 is 2.59 bits per heavy atom.